The number of nitrogens with zero attached hydrogens (tertiary/aromatic N) is 3. The van der Waals surface area contributed by atoms with Gasteiger partial charge in [-0.2, -0.15) is 4.98 Å². The zero-order valence-electron chi connectivity index (χ0n) is 17.0. The van der Waals surface area contributed by atoms with Gasteiger partial charge in [0.1, 0.15) is 11.5 Å². The monoisotopic (exact) mass is 391 g/mol. The van der Waals surface area contributed by atoms with Crippen LogP contribution in [0.3, 0.4) is 0 Å². The molecule has 0 aliphatic carbocycles. The van der Waals surface area contributed by atoms with Crippen molar-refractivity contribution in [2.24, 2.45) is 4.99 Å². The summed E-state index contributed by atoms with van der Waals surface area (Å²) < 4.78 is 11.8. The fourth-order valence-electron chi connectivity index (χ4n) is 3.04. The molecule has 0 bridgehead atoms. The van der Waals surface area contributed by atoms with Gasteiger partial charge in [-0.05, 0) is 35.2 Å². The van der Waals surface area contributed by atoms with E-state index in [1.165, 1.54) is 6.20 Å². The van der Waals surface area contributed by atoms with Crippen LogP contribution in [0.1, 0.15) is 30.9 Å². The number of nitrogens with two attached hydrogens (primary N) is 2. The minimum atomic E-state index is 0.101. The zero-order valence-corrected chi connectivity index (χ0v) is 17.0. The van der Waals surface area contributed by atoms with Crippen LogP contribution in [-0.4, -0.2) is 30.3 Å². The molecule has 0 spiro atoms. The molecular formula is C22H25N5O2. The second-order valence-electron chi connectivity index (χ2n) is 6.84. The molecule has 3 rings (SSSR count). The van der Waals surface area contributed by atoms with Gasteiger partial charge in [0.15, 0.2) is 11.6 Å². The maximum Gasteiger partial charge on any atom is 0.222 e. The first-order chi connectivity index (χ1) is 13.9. The van der Waals surface area contributed by atoms with Crippen LogP contribution >= 0.6 is 0 Å². The largest absolute Gasteiger partial charge is 0.496 e. The van der Waals surface area contributed by atoms with E-state index < -0.39 is 0 Å². The lowest BCUT2D eigenvalue weighted by atomic mass is 9.95. The van der Waals surface area contributed by atoms with E-state index in [-0.39, 0.29) is 17.7 Å². The Balaban J connectivity index is 2.14. The highest BCUT2D eigenvalue weighted by Crippen LogP contribution is 2.41. The number of methoxy groups -OCH3 is 1. The lowest BCUT2D eigenvalue weighted by molar-refractivity contribution is 0.412. The van der Waals surface area contributed by atoms with Crippen molar-refractivity contribution in [3.8, 4) is 28.4 Å². The minimum Gasteiger partial charge on any atom is -0.496 e. The second kappa shape index (κ2) is 8.60. The van der Waals surface area contributed by atoms with Gasteiger partial charge in [-0.3, -0.25) is 4.99 Å². The molecule has 2 aromatic carbocycles. The molecule has 0 aliphatic rings. The van der Waals surface area contributed by atoms with E-state index in [4.69, 9.17) is 20.9 Å². The average molecular weight is 391 g/mol. The van der Waals surface area contributed by atoms with Crippen molar-refractivity contribution in [1.82, 2.24) is 9.97 Å². The second-order valence-corrected chi connectivity index (χ2v) is 6.84. The molecule has 1 aromatic heterocycles. The molecule has 0 unspecified atom stereocenters. The van der Waals surface area contributed by atoms with E-state index in [2.05, 4.69) is 28.8 Å². The Hall–Kier alpha value is -3.61. The van der Waals surface area contributed by atoms with E-state index in [0.29, 0.717) is 11.5 Å². The van der Waals surface area contributed by atoms with E-state index >= 15 is 0 Å². The quantitative estimate of drug-likeness (QED) is 0.607. The van der Waals surface area contributed by atoms with Gasteiger partial charge in [0.05, 0.1) is 13.3 Å². The maximum atomic E-state index is 6.11. The number of hydrogen-bond acceptors (Lipinski definition) is 7. The Kier molecular flexibility index (Phi) is 5.97. The third kappa shape index (κ3) is 4.45. The fraction of sp³-hybridized carbons (Fsp3) is 0.227. The van der Waals surface area contributed by atoms with Crippen molar-refractivity contribution in [3.63, 3.8) is 0 Å². The molecule has 0 saturated heterocycles. The number of aromatic nitrogens is 2. The molecule has 1 heterocycles. The van der Waals surface area contributed by atoms with Crippen LogP contribution in [-0.2, 0) is 0 Å². The van der Waals surface area contributed by atoms with Gasteiger partial charge in [0.25, 0.3) is 0 Å². The number of rotatable bonds is 6. The number of nitrogen functional groups attached to an aromatic ring is 2. The van der Waals surface area contributed by atoms with Crippen molar-refractivity contribution in [2.45, 2.75) is 19.8 Å². The molecule has 7 heteroatoms. The summed E-state index contributed by atoms with van der Waals surface area (Å²) in [7, 11) is 3.41. The van der Waals surface area contributed by atoms with E-state index in [9.17, 15) is 0 Å². The number of benzene rings is 2. The van der Waals surface area contributed by atoms with Crippen molar-refractivity contribution in [2.75, 3.05) is 25.6 Å². The smallest absolute Gasteiger partial charge is 0.222 e. The van der Waals surface area contributed by atoms with Crippen LogP contribution < -0.4 is 20.9 Å². The van der Waals surface area contributed by atoms with Crippen molar-refractivity contribution >= 4 is 18.0 Å². The van der Waals surface area contributed by atoms with Crippen LogP contribution in [0.15, 0.2) is 47.6 Å². The zero-order chi connectivity index (χ0) is 21.0. The Morgan fingerprint density at radius 2 is 1.86 bits per heavy atom. The predicted molar refractivity (Wildman–Crippen MR) is 117 cm³/mol. The normalized spacial score (nSPS) is 11.2. The van der Waals surface area contributed by atoms with Gasteiger partial charge in [0, 0.05) is 24.4 Å². The minimum absolute atomic E-state index is 0.101. The van der Waals surface area contributed by atoms with Gasteiger partial charge in [-0.25, -0.2) is 4.98 Å². The first-order valence-corrected chi connectivity index (χ1v) is 9.23. The lowest BCUT2D eigenvalue weighted by Crippen LogP contribution is -2.03. The van der Waals surface area contributed by atoms with Crippen molar-refractivity contribution in [3.05, 3.63) is 53.7 Å². The molecule has 150 valence electrons. The Morgan fingerprint density at radius 1 is 1.07 bits per heavy atom. The maximum absolute atomic E-state index is 6.11. The molecule has 0 atom stereocenters. The van der Waals surface area contributed by atoms with E-state index in [1.807, 2.05) is 42.6 Å². The fourth-order valence-corrected chi connectivity index (χ4v) is 3.04. The van der Waals surface area contributed by atoms with Crippen LogP contribution in [0, 0.1) is 0 Å². The molecule has 0 amide bonds. The summed E-state index contributed by atoms with van der Waals surface area (Å²) in [6, 6.07) is 12.0. The van der Waals surface area contributed by atoms with Crippen molar-refractivity contribution in [1.29, 1.82) is 0 Å². The molecule has 7 nitrogen and oxygen atoms in total. The summed E-state index contributed by atoms with van der Waals surface area (Å²) >= 11 is 0. The van der Waals surface area contributed by atoms with E-state index in [0.717, 1.165) is 28.0 Å². The van der Waals surface area contributed by atoms with Crippen LogP contribution in [0.5, 0.6) is 17.2 Å². The molecule has 0 saturated carbocycles. The highest BCUT2D eigenvalue weighted by atomic mass is 16.5. The standard InChI is InChI=1S/C22H25N5O2/c1-13(2)16-9-18(28-4)17(15-7-5-6-14(8-15)11-25-3)10-19(16)29-20-12-26-22(24)27-21(20)23/h5-13H,1-4H3,(H4,23,24,26,27). The molecule has 0 radical (unpaired) electrons. The number of anilines is 2. The average Bonchev–Trinajstić information content (AvgIpc) is 2.70. The van der Waals surface area contributed by atoms with Gasteiger partial charge in [-0.15, -0.1) is 0 Å². The lowest BCUT2D eigenvalue weighted by Gasteiger charge is -2.19. The first-order valence-electron chi connectivity index (χ1n) is 9.23. The highest BCUT2D eigenvalue weighted by Gasteiger charge is 2.17. The summed E-state index contributed by atoms with van der Waals surface area (Å²) in [6.07, 6.45) is 3.28. The highest BCUT2D eigenvalue weighted by molar-refractivity contribution is 5.84. The van der Waals surface area contributed by atoms with Crippen LogP contribution in [0.4, 0.5) is 11.8 Å². The Morgan fingerprint density at radius 3 is 2.52 bits per heavy atom. The summed E-state index contributed by atoms with van der Waals surface area (Å²) in [5.74, 6) is 2.25. The molecule has 29 heavy (non-hydrogen) atoms. The molecular weight excluding hydrogens is 366 g/mol. The molecule has 4 N–H and O–H groups in total. The van der Waals surface area contributed by atoms with Crippen molar-refractivity contribution < 1.29 is 9.47 Å². The number of ether oxygens (including phenoxy) is 2. The third-order valence-electron chi connectivity index (χ3n) is 4.45. The van der Waals surface area contributed by atoms with Gasteiger partial charge in [0.2, 0.25) is 5.95 Å². The van der Waals surface area contributed by atoms with Gasteiger partial charge < -0.3 is 20.9 Å². The van der Waals surface area contributed by atoms with Crippen LogP contribution in [0.2, 0.25) is 0 Å². The SMILES string of the molecule is CN=Cc1cccc(-c2cc(Oc3cnc(N)nc3N)c(C(C)C)cc2OC)c1. The third-order valence-corrected chi connectivity index (χ3v) is 4.45. The summed E-state index contributed by atoms with van der Waals surface area (Å²) in [6.45, 7) is 4.17. The predicted octanol–water partition coefficient (Wildman–Crippen LogP) is 4.28. The van der Waals surface area contributed by atoms with Crippen LogP contribution in [0.25, 0.3) is 11.1 Å². The summed E-state index contributed by atoms with van der Waals surface area (Å²) in [5, 5.41) is 0. The topological polar surface area (TPSA) is 109 Å². The molecule has 0 fully saturated rings. The number of hydrogen-bond donors (Lipinski definition) is 2. The molecule has 3 aromatic rings. The first kappa shape index (κ1) is 20.1. The van der Waals surface area contributed by atoms with Gasteiger partial charge in [-0.1, -0.05) is 32.0 Å². The summed E-state index contributed by atoms with van der Waals surface area (Å²) in [4.78, 5) is 12.0. The van der Waals surface area contributed by atoms with Gasteiger partial charge >= 0.3 is 0 Å². The Bertz CT molecular complexity index is 1050. The molecule has 0 aliphatic heterocycles. The summed E-state index contributed by atoms with van der Waals surface area (Å²) in [5.41, 5.74) is 15.4. The number of aliphatic imine (C=N–C) groups is 1. The van der Waals surface area contributed by atoms with E-state index in [1.54, 1.807) is 14.2 Å². The Labute approximate surface area is 170 Å².